The lowest BCUT2D eigenvalue weighted by molar-refractivity contribution is 0.0593. The molecule has 0 atom stereocenters. The molecule has 0 fully saturated rings. The Morgan fingerprint density at radius 1 is 1.36 bits per heavy atom. The molecule has 0 aromatic carbocycles. The summed E-state index contributed by atoms with van der Waals surface area (Å²) in [5, 5.41) is 0. The molecule has 1 N–H and O–H groups in total. The van der Waals surface area contributed by atoms with Crippen molar-refractivity contribution in [3.8, 4) is 0 Å². The number of Topliss-reactive ketones (excluding diaryl/α,β-unsaturated/α-hetero) is 1. The van der Waals surface area contributed by atoms with Crippen LogP contribution in [-0.2, 0) is 4.74 Å². The number of methoxy groups -OCH3 is 1. The predicted molar refractivity (Wildman–Crippen MR) is 90.7 cm³/mol. The monoisotopic (exact) mass is 344 g/mol. The van der Waals surface area contributed by atoms with Crippen LogP contribution in [0.4, 0.5) is 0 Å². The molecule has 132 valence electrons. The zero-order valence-corrected chi connectivity index (χ0v) is 14.4. The van der Waals surface area contributed by atoms with Crippen molar-refractivity contribution < 1.29 is 23.5 Å². The number of hydrogen-bond donors (Lipinski definition) is 1. The van der Waals surface area contributed by atoms with E-state index in [1.165, 1.54) is 30.4 Å². The average Bonchev–Trinajstić information content (AvgIpc) is 3.21. The Labute approximate surface area is 145 Å². The number of nitrogens with one attached hydrogen (secondary N) is 1. The number of nitrogens with zero attached hydrogens (tertiary/aromatic N) is 1. The standard InChI is InChI=1S/C18H20N2O5/c1-5-8-20(17(22)14-7-6-9-25-14)10-13(21)15-11(2)16(18(23)24-4)19-12(15)3/h5-7,9,19H,1,8,10H2,2-4H3. The van der Waals surface area contributed by atoms with Crippen LogP contribution in [0.2, 0.25) is 0 Å². The number of rotatable bonds is 7. The highest BCUT2D eigenvalue weighted by molar-refractivity contribution is 6.05. The maximum absolute atomic E-state index is 12.7. The minimum atomic E-state index is -0.547. The Bertz CT molecular complexity index is 802. The van der Waals surface area contributed by atoms with Crippen LogP contribution in [0.5, 0.6) is 0 Å². The van der Waals surface area contributed by atoms with E-state index in [-0.39, 0.29) is 30.3 Å². The Hall–Kier alpha value is -3.09. The number of aryl methyl sites for hydroxylation is 1. The van der Waals surface area contributed by atoms with Gasteiger partial charge in [0.1, 0.15) is 5.69 Å². The van der Waals surface area contributed by atoms with Crippen LogP contribution in [0.3, 0.4) is 0 Å². The molecule has 7 heteroatoms. The van der Waals surface area contributed by atoms with Gasteiger partial charge in [0.25, 0.3) is 5.91 Å². The Kier molecular flexibility index (Phi) is 5.59. The van der Waals surface area contributed by atoms with Gasteiger partial charge in [0.05, 0.1) is 19.9 Å². The third-order valence-electron chi connectivity index (χ3n) is 3.81. The van der Waals surface area contributed by atoms with Gasteiger partial charge < -0.3 is 19.0 Å². The lowest BCUT2D eigenvalue weighted by Crippen LogP contribution is -2.36. The van der Waals surface area contributed by atoms with Gasteiger partial charge in [-0.25, -0.2) is 4.79 Å². The van der Waals surface area contributed by atoms with Crippen LogP contribution >= 0.6 is 0 Å². The highest BCUT2D eigenvalue weighted by Crippen LogP contribution is 2.20. The smallest absolute Gasteiger partial charge is 0.354 e. The minimum Gasteiger partial charge on any atom is -0.464 e. The van der Waals surface area contributed by atoms with Gasteiger partial charge in [0.15, 0.2) is 11.5 Å². The fourth-order valence-electron chi connectivity index (χ4n) is 2.66. The minimum absolute atomic E-state index is 0.146. The van der Waals surface area contributed by atoms with Crippen LogP contribution in [-0.4, -0.2) is 47.7 Å². The largest absolute Gasteiger partial charge is 0.464 e. The summed E-state index contributed by atoms with van der Waals surface area (Å²) in [7, 11) is 1.27. The Morgan fingerprint density at radius 2 is 2.08 bits per heavy atom. The molecule has 0 aliphatic heterocycles. The molecule has 2 rings (SSSR count). The first-order valence-electron chi connectivity index (χ1n) is 7.65. The van der Waals surface area contributed by atoms with E-state index < -0.39 is 11.9 Å². The molecule has 0 saturated heterocycles. The van der Waals surface area contributed by atoms with E-state index in [1.807, 2.05) is 0 Å². The van der Waals surface area contributed by atoms with Crippen LogP contribution in [0, 0.1) is 13.8 Å². The van der Waals surface area contributed by atoms with Gasteiger partial charge in [-0.2, -0.15) is 0 Å². The van der Waals surface area contributed by atoms with Gasteiger partial charge in [-0.3, -0.25) is 9.59 Å². The van der Waals surface area contributed by atoms with E-state index >= 15 is 0 Å². The number of carbonyl (C=O) groups excluding carboxylic acids is 3. The number of H-pyrrole nitrogens is 1. The van der Waals surface area contributed by atoms with Crippen molar-refractivity contribution in [2.24, 2.45) is 0 Å². The normalized spacial score (nSPS) is 10.4. The first kappa shape index (κ1) is 18.3. The summed E-state index contributed by atoms with van der Waals surface area (Å²) < 4.78 is 9.80. The van der Waals surface area contributed by atoms with E-state index in [4.69, 9.17) is 9.15 Å². The summed E-state index contributed by atoms with van der Waals surface area (Å²) in [4.78, 5) is 41.1. The molecule has 25 heavy (non-hydrogen) atoms. The average molecular weight is 344 g/mol. The molecule has 0 unspecified atom stereocenters. The predicted octanol–water partition coefficient (Wildman–Crippen LogP) is 2.52. The topological polar surface area (TPSA) is 92.6 Å². The van der Waals surface area contributed by atoms with Gasteiger partial charge in [0.2, 0.25) is 0 Å². The number of ether oxygens (including phenoxy) is 1. The number of hydrogen-bond acceptors (Lipinski definition) is 5. The SMILES string of the molecule is C=CCN(CC(=O)c1c(C)[nH]c(C(=O)OC)c1C)C(=O)c1ccco1. The number of aromatic nitrogens is 1. The lowest BCUT2D eigenvalue weighted by atomic mass is 10.0. The molecule has 0 aliphatic carbocycles. The van der Waals surface area contributed by atoms with Crippen LogP contribution < -0.4 is 0 Å². The fourth-order valence-corrected chi connectivity index (χ4v) is 2.66. The van der Waals surface area contributed by atoms with Crippen LogP contribution in [0.1, 0.15) is 42.7 Å². The van der Waals surface area contributed by atoms with E-state index in [2.05, 4.69) is 11.6 Å². The van der Waals surface area contributed by atoms with Crippen molar-refractivity contribution in [3.05, 3.63) is 59.3 Å². The number of furan rings is 1. The molecule has 2 aromatic heterocycles. The zero-order valence-electron chi connectivity index (χ0n) is 14.4. The second-order valence-corrected chi connectivity index (χ2v) is 5.49. The molecule has 2 aromatic rings. The molecule has 0 radical (unpaired) electrons. The Morgan fingerprint density at radius 3 is 2.64 bits per heavy atom. The molecular formula is C18H20N2O5. The van der Waals surface area contributed by atoms with Crippen molar-refractivity contribution in [2.45, 2.75) is 13.8 Å². The van der Waals surface area contributed by atoms with Crippen molar-refractivity contribution >= 4 is 17.7 Å². The molecule has 1 amide bonds. The van der Waals surface area contributed by atoms with E-state index in [0.717, 1.165) is 0 Å². The zero-order chi connectivity index (χ0) is 18.6. The number of ketones is 1. The molecular weight excluding hydrogens is 324 g/mol. The first-order valence-corrected chi connectivity index (χ1v) is 7.65. The van der Waals surface area contributed by atoms with Crippen molar-refractivity contribution in [1.82, 2.24) is 9.88 Å². The maximum atomic E-state index is 12.7. The third kappa shape index (κ3) is 3.71. The summed E-state index contributed by atoms with van der Waals surface area (Å²) in [6.07, 6.45) is 2.93. The number of aromatic amines is 1. The van der Waals surface area contributed by atoms with Crippen LogP contribution in [0.25, 0.3) is 0 Å². The summed E-state index contributed by atoms with van der Waals surface area (Å²) in [6, 6.07) is 3.13. The fraction of sp³-hybridized carbons (Fsp3) is 0.278. The molecule has 0 saturated carbocycles. The summed E-state index contributed by atoms with van der Waals surface area (Å²) in [6.45, 7) is 7.00. The summed E-state index contributed by atoms with van der Waals surface area (Å²) >= 11 is 0. The second kappa shape index (κ2) is 7.65. The molecule has 0 aliphatic rings. The van der Waals surface area contributed by atoms with Crippen molar-refractivity contribution in [1.29, 1.82) is 0 Å². The first-order chi connectivity index (χ1) is 11.9. The molecule has 0 bridgehead atoms. The number of carbonyl (C=O) groups is 3. The van der Waals surface area contributed by atoms with Crippen LogP contribution in [0.15, 0.2) is 35.5 Å². The molecule has 0 spiro atoms. The maximum Gasteiger partial charge on any atom is 0.354 e. The summed E-state index contributed by atoms with van der Waals surface area (Å²) in [5.41, 5.74) is 1.66. The number of amides is 1. The van der Waals surface area contributed by atoms with Gasteiger partial charge in [-0.1, -0.05) is 6.08 Å². The quantitative estimate of drug-likeness (QED) is 0.473. The highest BCUT2D eigenvalue weighted by Gasteiger charge is 2.26. The van der Waals surface area contributed by atoms with Gasteiger partial charge >= 0.3 is 5.97 Å². The van der Waals surface area contributed by atoms with E-state index in [0.29, 0.717) is 16.8 Å². The van der Waals surface area contributed by atoms with Crippen molar-refractivity contribution in [3.63, 3.8) is 0 Å². The van der Waals surface area contributed by atoms with Gasteiger partial charge in [-0.15, -0.1) is 6.58 Å². The van der Waals surface area contributed by atoms with Gasteiger partial charge in [-0.05, 0) is 31.5 Å². The second-order valence-electron chi connectivity index (χ2n) is 5.49. The molecule has 7 nitrogen and oxygen atoms in total. The van der Waals surface area contributed by atoms with Gasteiger partial charge in [0, 0.05) is 17.8 Å². The highest BCUT2D eigenvalue weighted by atomic mass is 16.5. The lowest BCUT2D eigenvalue weighted by Gasteiger charge is -2.19. The Balaban J connectivity index is 2.27. The molecule has 2 heterocycles. The number of esters is 1. The van der Waals surface area contributed by atoms with E-state index in [9.17, 15) is 14.4 Å². The summed E-state index contributed by atoms with van der Waals surface area (Å²) in [5.74, 6) is -1.10. The van der Waals surface area contributed by atoms with E-state index in [1.54, 1.807) is 19.9 Å². The van der Waals surface area contributed by atoms with Crippen molar-refractivity contribution in [2.75, 3.05) is 20.2 Å². The third-order valence-corrected chi connectivity index (χ3v) is 3.81.